The standard InChI is InChI=1S/C12H19ClN4O/c1-18-7-6-16-2-4-17(5-3-16)10-11-8-14-12(13)15-9-11/h8-9H,2-7,10H2,1H3. The van der Waals surface area contributed by atoms with Crippen LogP contribution in [0.3, 0.4) is 0 Å². The van der Waals surface area contributed by atoms with E-state index in [0.717, 1.165) is 51.4 Å². The molecule has 1 aliphatic heterocycles. The first-order chi connectivity index (χ1) is 8.78. The molecule has 0 saturated carbocycles. The Kier molecular flexibility index (Phi) is 5.31. The smallest absolute Gasteiger partial charge is 0.222 e. The Hall–Kier alpha value is -0.750. The lowest BCUT2D eigenvalue weighted by molar-refractivity contribution is 0.0937. The first kappa shape index (κ1) is 13.7. The van der Waals surface area contributed by atoms with Crippen LogP contribution in [-0.2, 0) is 11.3 Å². The average molecular weight is 271 g/mol. The van der Waals surface area contributed by atoms with Crippen molar-refractivity contribution in [2.45, 2.75) is 6.54 Å². The second-order valence-electron chi connectivity index (χ2n) is 4.47. The summed E-state index contributed by atoms with van der Waals surface area (Å²) in [7, 11) is 1.75. The SMILES string of the molecule is COCCN1CCN(Cc2cnc(Cl)nc2)CC1. The van der Waals surface area contributed by atoms with Gasteiger partial charge in [-0.3, -0.25) is 9.80 Å². The summed E-state index contributed by atoms with van der Waals surface area (Å²) in [6.07, 6.45) is 3.60. The van der Waals surface area contributed by atoms with Crippen LogP contribution < -0.4 is 0 Å². The summed E-state index contributed by atoms with van der Waals surface area (Å²) < 4.78 is 5.09. The fourth-order valence-electron chi connectivity index (χ4n) is 2.07. The van der Waals surface area contributed by atoms with Crippen LogP contribution in [0.15, 0.2) is 12.4 Å². The third-order valence-electron chi connectivity index (χ3n) is 3.16. The van der Waals surface area contributed by atoms with E-state index in [9.17, 15) is 0 Å². The van der Waals surface area contributed by atoms with E-state index in [1.165, 1.54) is 0 Å². The Morgan fingerprint density at radius 1 is 1.17 bits per heavy atom. The lowest BCUT2D eigenvalue weighted by Gasteiger charge is -2.34. The summed E-state index contributed by atoms with van der Waals surface area (Å²) in [6, 6.07) is 0. The molecule has 1 aromatic heterocycles. The Labute approximate surface area is 113 Å². The van der Waals surface area contributed by atoms with Crippen molar-refractivity contribution < 1.29 is 4.74 Å². The van der Waals surface area contributed by atoms with Crippen molar-refractivity contribution in [1.82, 2.24) is 19.8 Å². The van der Waals surface area contributed by atoms with Gasteiger partial charge in [-0.1, -0.05) is 0 Å². The lowest BCUT2D eigenvalue weighted by atomic mass is 10.2. The molecule has 100 valence electrons. The molecular formula is C12H19ClN4O. The van der Waals surface area contributed by atoms with Gasteiger partial charge in [-0.05, 0) is 11.6 Å². The minimum atomic E-state index is 0.308. The molecule has 0 amide bonds. The molecule has 18 heavy (non-hydrogen) atoms. The van der Waals surface area contributed by atoms with Crippen LogP contribution in [0.25, 0.3) is 0 Å². The van der Waals surface area contributed by atoms with Gasteiger partial charge >= 0.3 is 0 Å². The van der Waals surface area contributed by atoms with E-state index in [4.69, 9.17) is 16.3 Å². The van der Waals surface area contributed by atoms with Gasteiger partial charge in [0.05, 0.1) is 6.61 Å². The Morgan fingerprint density at radius 3 is 2.39 bits per heavy atom. The van der Waals surface area contributed by atoms with Crippen molar-refractivity contribution in [3.63, 3.8) is 0 Å². The first-order valence-electron chi connectivity index (χ1n) is 6.18. The normalized spacial score (nSPS) is 18.1. The van der Waals surface area contributed by atoms with Gasteiger partial charge in [-0.15, -0.1) is 0 Å². The predicted molar refractivity (Wildman–Crippen MR) is 70.6 cm³/mol. The van der Waals surface area contributed by atoms with Gasteiger partial charge in [0.1, 0.15) is 0 Å². The summed E-state index contributed by atoms with van der Waals surface area (Å²) >= 11 is 5.67. The zero-order valence-corrected chi connectivity index (χ0v) is 11.4. The number of ether oxygens (including phenoxy) is 1. The molecule has 0 N–H and O–H groups in total. The molecule has 2 heterocycles. The molecule has 1 saturated heterocycles. The number of nitrogens with zero attached hydrogens (tertiary/aromatic N) is 4. The van der Waals surface area contributed by atoms with Crippen molar-refractivity contribution in [1.29, 1.82) is 0 Å². The predicted octanol–water partition coefficient (Wildman–Crippen LogP) is 0.894. The molecule has 0 aliphatic carbocycles. The summed E-state index contributed by atoms with van der Waals surface area (Å²) in [5, 5.41) is 0.308. The van der Waals surface area contributed by atoms with E-state index >= 15 is 0 Å². The zero-order chi connectivity index (χ0) is 12.8. The molecule has 0 aromatic carbocycles. The third-order valence-corrected chi connectivity index (χ3v) is 3.35. The second kappa shape index (κ2) is 6.99. The topological polar surface area (TPSA) is 41.5 Å². The minimum Gasteiger partial charge on any atom is -0.383 e. The van der Waals surface area contributed by atoms with E-state index < -0.39 is 0 Å². The van der Waals surface area contributed by atoms with Crippen LogP contribution in [0.2, 0.25) is 5.28 Å². The second-order valence-corrected chi connectivity index (χ2v) is 4.81. The van der Waals surface area contributed by atoms with Crippen LogP contribution in [0.4, 0.5) is 0 Å². The number of halogens is 1. The lowest BCUT2D eigenvalue weighted by Crippen LogP contribution is -2.46. The van der Waals surface area contributed by atoms with Crippen molar-refractivity contribution in [3.05, 3.63) is 23.2 Å². The average Bonchev–Trinajstić information content (AvgIpc) is 2.41. The van der Waals surface area contributed by atoms with Crippen LogP contribution in [0, 0.1) is 0 Å². The highest BCUT2D eigenvalue weighted by Gasteiger charge is 2.16. The highest BCUT2D eigenvalue weighted by Crippen LogP contribution is 2.08. The van der Waals surface area contributed by atoms with E-state index in [1.54, 1.807) is 19.5 Å². The molecule has 0 bridgehead atoms. The monoisotopic (exact) mass is 270 g/mol. The van der Waals surface area contributed by atoms with Gasteiger partial charge in [0.2, 0.25) is 5.28 Å². The molecule has 1 fully saturated rings. The highest BCUT2D eigenvalue weighted by molar-refractivity contribution is 6.28. The quantitative estimate of drug-likeness (QED) is 0.744. The van der Waals surface area contributed by atoms with Gasteiger partial charge in [0, 0.05) is 64.3 Å². The number of rotatable bonds is 5. The molecule has 0 spiro atoms. The van der Waals surface area contributed by atoms with Crippen LogP contribution in [-0.4, -0.2) is 66.2 Å². The van der Waals surface area contributed by atoms with E-state index in [-0.39, 0.29) is 0 Å². The maximum Gasteiger partial charge on any atom is 0.222 e. The maximum atomic E-state index is 5.67. The van der Waals surface area contributed by atoms with Gasteiger partial charge in [-0.25, -0.2) is 9.97 Å². The molecule has 2 rings (SSSR count). The molecule has 1 aliphatic rings. The van der Waals surface area contributed by atoms with Gasteiger partial charge < -0.3 is 4.74 Å². The molecule has 6 heteroatoms. The number of hydrogen-bond acceptors (Lipinski definition) is 5. The van der Waals surface area contributed by atoms with Crippen molar-refractivity contribution in [2.75, 3.05) is 46.4 Å². The van der Waals surface area contributed by atoms with Crippen LogP contribution in [0.5, 0.6) is 0 Å². The molecule has 1 aromatic rings. The first-order valence-corrected chi connectivity index (χ1v) is 6.56. The highest BCUT2D eigenvalue weighted by atomic mass is 35.5. The number of piperazine rings is 1. The van der Waals surface area contributed by atoms with Crippen LogP contribution in [0.1, 0.15) is 5.56 Å². The Bertz CT molecular complexity index is 352. The zero-order valence-electron chi connectivity index (χ0n) is 10.7. The molecule has 0 unspecified atom stereocenters. The number of methoxy groups -OCH3 is 1. The maximum absolute atomic E-state index is 5.67. The van der Waals surface area contributed by atoms with E-state index in [2.05, 4.69) is 19.8 Å². The fraction of sp³-hybridized carbons (Fsp3) is 0.667. The summed E-state index contributed by atoms with van der Waals surface area (Å²) in [5.41, 5.74) is 1.12. The minimum absolute atomic E-state index is 0.308. The molecular weight excluding hydrogens is 252 g/mol. The summed E-state index contributed by atoms with van der Waals surface area (Å²) in [5.74, 6) is 0. The number of hydrogen-bond donors (Lipinski definition) is 0. The number of aromatic nitrogens is 2. The Balaban J connectivity index is 1.74. The van der Waals surface area contributed by atoms with Crippen molar-refractivity contribution in [2.24, 2.45) is 0 Å². The largest absolute Gasteiger partial charge is 0.383 e. The molecule has 5 nitrogen and oxygen atoms in total. The van der Waals surface area contributed by atoms with Gasteiger partial charge in [-0.2, -0.15) is 0 Å². The van der Waals surface area contributed by atoms with E-state index in [1.807, 2.05) is 0 Å². The Morgan fingerprint density at radius 2 is 1.78 bits per heavy atom. The fourth-order valence-corrected chi connectivity index (χ4v) is 2.17. The third kappa shape index (κ3) is 4.17. The van der Waals surface area contributed by atoms with Gasteiger partial charge in [0.15, 0.2) is 0 Å². The molecule has 0 atom stereocenters. The summed E-state index contributed by atoms with van der Waals surface area (Å²) in [6.45, 7) is 7.07. The van der Waals surface area contributed by atoms with Crippen molar-refractivity contribution in [3.8, 4) is 0 Å². The van der Waals surface area contributed by atoms with Gasteiger partial charge in [0.25, 0.3) is 0 Å². The van der Waals surface area contributed by atoms with E-state index in [0.29, 0.717) is 5.28 Å². The summed E-state index contributed by atoms with van der Waals surface area (Å²) in [4.78, 5) is 12.8. The van der Waals surface area contributed by atoms with Crippen LogP contribution >= 0.6 is 11.6 Å². The van der Waals surface area contributed by atoms with Crippen molar-refractivity contribution >= 4 is 11.6 Å². The molecule has 0 radical (unpaired) electrons.